The number of nitrogens with one attached hydrogen (secondary N) is 1. The molecule has 1 aromatic heterocycles. The predicted octanol–water partition coefficient (Wildman–Crippen LogP) is 2.45. The van der Waals surface area contributed by atoms with Gasteiger partial charge in [-0.1, -0.05) is 41.6 Å². The van der Waals surface area contributed by atoms with Crippen LogP contribution < -0.4 is 5.32 Å². The molecule has 108 valence electrons. The van der Waals surface area contributed by atoms with Gasteiger partial charge in [0.2, 0.25) is 0 Å². The van der Waals surface area contributed by atoms with E-state index in [-0.39, 0.29) is 6.61 Å². The molecule has 0 amide bonds. The van der Waals surface area contributed by atoms with E-state index in [2.05, 4.69) is 21.4 Å². The van der Waals surface area contributed by atoms with E-state index in [1.807, 2.05) is 37.4 Å². The van der Waals surface area contributed by atoms with Gasteiger partial charge in [0.15, 0.2) is 5.16 Å². The average Bonchev–Trinajstić information content (AvgIpc) is 2.52. The van der Waals surface area contributed by atoms with Crippen LogP contribution >= 0.6 is 11.8 Å². The third-order valence-electron chi connectivity index (χ3n) is 2.91. The number of aryl methyl sites for hydroxylation is 1. The fourth-order valence-corrected chi connectivity index (χ4v) is 2.23. The maximum Gasteiger partial charge on any atom is 0.189 e. The molecule has 0 aliphatic rings. The molecule has 2 aromatic rings. The normalized spacial score (nSPS) is 10.2. The van der Waals surface area contributed by atoms with Crippen molar-refractivity contribution in [3.05, 3.63) is 35.4 Å². The van der Waals surface area contributed by atoms with Gasteiger partial charge in [-0.05, 0) is 13.2 Å². The van der Waals surface area contributed by atoms with E-state index >= 15 is 0 Å². The highest BCUT2D eigenvalue weighted by atomic mass is 32.2. The lowest BCUT2D eigenvalue weighted by Crippen LogP contribution is -2.10. The summed E-state index contributed by atoms with van der Waals surface area (Å²) in [5, 5.41) is 21.9. The van der Waals surface area contributed by atoms with Crippen LogP contribution in [0.3, 0.4) is 0 Å². The largest absolute Gasteiger partial charge is 0.395 e. The lowest BCUT2D eigenvalue weighted by Gasteiger charge is -2.11. The maximum absolute atomic E-state index is 9.44. The van der Waals surface area contributed by atoms with Gasteiger partial charge in [0, 0.05) is 12.1 Å². The van der Waals surface area contributed by atoms with Gasteiger partial charge >= 0.3 is 0 Å². The van der Waals surface area contributed by atoms with Gasteiger partial charge in [-0.3, -0.25) is 0 Å². The minimum Gasteiger partial charge on any atom is -0.395 e. The van der Waals surface area contributed by atoms with Crippen molar-refractivity contribution in [1.82, 2.24) is 9.97 Å². The summed E-state index contributed by atoms with van der Waals surface area (Å²) in [6.07, 6.45) is 1.89. The Morgan fingerprint density at radius 3 is 2.57 bits per heavy atom. The van der Waals surface area contributed by atoms with Crippen LogP contribution in [0.4, 0.5) is 5.82 Å². The van der Waals surface area contributed by atoms with Crippen molar-refractivity contribution in [2.45, 2.75) is 12.1 Å². The first-order valence-corrected chi connectivity index (χ1v) is 7.70. The molecule has 0 saturated heterocycles. The van der Waals surface area contributed by atoms with E-state index in [1.165, 1.54) is 11.8 Å². The number of rotatable bonds is 5. The second kappa shape index (κ2) is 7.07. The van der Waals surface area contributed by atoms with Crippen LogP contribution in [0, 0.1) is 18.3 Å². The zero-order chi connectivity index (χ0) is 15.2. The van der Waals surface area contributed by atoms with Crippen molar-refractivity contribution in [1.29, 1.82) is 5.26 Å². The van der Waals surface area contributed by atoms with Crippen molar-refractivity contribution >= 4 is 17.6 Å². The molecule has 0 radical (unpaired) electrons. The second-order valence-electron chi connectivity index (χ2n) is 4.41. The highest BCUT2D eigenvalue weighted by Gasteiger charge is 2.15. The Labute approximate surface area is 128 Å². The summed E-state index contributed by atoms with van der Waals surface area (Å²) in [5.41, 5.74) is 3.03. The van der Waals surface area contributed by atoms with E-state index in [1.54, 1.807) is 0 Å². The first kappa shape index (κ1) is 15.3. The van der Waals surface area contributed by atoms with Crippen LogP contribution in [0.1, 0.15) is 11.1 Å². The molecule has 0 atom stereocenters. The van der Waals surface area contributed by atoms with Gasteiger partial charge in [-0.2, -0.15) is 5.26 Å². The van der Waals surface area contributed by atoms with E-state index in [4.69, 9.17) is 5.11 Å². The maximum atomic E-state index is 9.44. The summed E-state index contributed by atoms with van der Waals surface area (Å²) in [7, 11) is 0. The number of thioether (sulfide) groups is 1. The number of nitrogens with zero attached hydrogens (tertiary/aromatic N) is 3. The molecule has 0 fully saturated rings. The van der Waals surface area contributed by atoms with E-state index in [9.17, 15) is 5.26 Å². The lowest BCUT2D eigenvalue weighted by atomic mass is 10.1. The number of anilines is 1. The van der Waals surface area contributed by atoms with Crippen LogP contribution in [-0.4, -0.2) is 34.5 Å². The average molecular weight is 300 g/mol. The minimum atomic E-state index is -0.0245. The number of hydrogen-bond donors (Lipinski definition) is 2. The molecule has 0 spiro atoms. The van der Waals surface area contributed by atoms with Crippen molar-refractivity contribution < 1.29 is 5.11 Å². The molecule has 1 aromatic carbocycles. The number of aliphatic hydroxyl groups is 1. The first-order valence-electron chi connectivity index (χ1n) is 6.47. The molecular formula is C15H16N4OS. The fourth-order valence-electron chi connectivity index (χ4n) is 1.86. The third-order valence-corrected chi connectivity index (χ3v) is 3.46. The SMILES string of the molecule is CSc1nc(NCCO)c(C#N)c(-c2ccc(C)cc2)n1. The molecule has 0 bridgehead atoms. The van der Waals surface area contributed by atoms with E-state index < -0.39 is 0 Å². The molecule has 6 heteroatoms. The van der Waals surface area contributed by atoms with Gasteiger partial charge in [-0.15, -0.1) is 0 Å². The lowest BCUT2D eigenvalue weighted by molar-refractivity contribution is 0.311. The molecule has 0 unspecified atom stereocenters. The van der Waals surface area contributed by atoms with Crippen molar-refractivity contribution in [3.63, 3.8) is 0 Å². The second-order valence-corrected chi connectivity index (χ2v) is 5.18. The van der Waals surface area contributed by atoms with E-state index in [0.29, 0.717) is 28.8 Å². The predicted molar refractivity (Wildman–Crippen MR) is 84.3 cm³/mol. The summed E-state index contributed by atoms with van der Waals surface area (Å²) in [6, 6.07) is 10.0. The number of benzene rings is 1. The van der Waals surface area contributed by atoms with Gasteiger partial charge in [0.05, 0.1) is 12.3 Å². The Morgan fingerprint density at radius 1 is 1.29 bits per heavy atom. The molecule has 1 heterocycles. The number of hydrogen-bond acceptors (Lipinski definition) is 6. The summed E-state index contributed by atoms with van der Waals surface area (Å²) in [6.45, 7) is 2.33. The Bertz CT molecular complexity index is 665. The summed E-state index contributed by atoms with van der Waals surface area (Å²) < 4.78 is 0. The fraction of sp³-hybridized carbons (Fsp3) is 0.267. The summed E-state index contributed by atoms with van der Waals surface area (Å²) in [4.78, 5) is 8.77. The van der Waals surface area contributed by atoms with Crippen LogP contribution in [-0.2, 0) is 0 Å². The number of nitriles is 1. The molecule has 21 heavy (non-hydrogen) atoms. The highest BCUT2D eigenvalue weighted by molar-refractivity contribution is 7.98. The van der Waals surface area contributed by atoms with Gasteiger partial charge in [0.1, 0.15) is 17.5 Å². The summed E-state index contributed by atoms with van der Waals surface area (Å²) in [5.74, 6) is 0.460. The Kier molecular flexibility index (Phi) is 5.14. The smallest absolute Gasteiger partial charge is 0.189 e. The third kappa shape index (κ3) is 3.51. The molecular weight excluding hydrogens is 284 g/mol. The topological polar surface area (TPSA) is 81.8 Å². The van der Waals surface area contributed by atoms with Crippen LogP contribution in [0.15, 0.2) is 29.4 Å². The van der Waals surface area contributed by atoms with E-state index in [0.717, 1.165) is 11.1 Å². The molecule has 0 saturated carbocycles. The zero-order valence-electron chi connectivity index (χ0n) is 11.9. The molecule has 0 aliphatic heterocycles. The number of aromatic nitrogens is 2. The first-order chi connectivity index (χ1) is 10.2. The van der Waals surface area contributed by atoms with Crippen molar-refractivity contribution in [2.75, 3.05) is 24.7 Å². The van der Waals surface area contributed by atoms with Crippen LogP contribution in [0.25, 0.3) is 11.3 Å². The summed E-state index contributed by atoms with van der Waals surface area (Å²) >= 11 is 1.41. The Morgan fingerprint density at radius 2 is 2.00 bits per heavy atom. The molecule has 5 nitrogen and oxygen atoms in total. The highest BCUT2D eigenvalue weighted by Crippen LogP contribution is 2.28. The van der Waals surface area contributed by atoms with Crippen molar-refractivity contribution in [3.8, 4) is 17.3 Å². The van der Waals surface area contributed by atoms with Crippen LogP contribution in [0.5, 0.6) is 0 Å². The zero-order valence-corrected chi connectivity index (χ0v) is 12.7. The quantitative estimate of drug-likeness (QED) is 0.652. The Balaban J connectivity index is 2.57. The molecule has 0 aliphatic carbocycles. The van der Waals surface area contributed by atoms with Crippen LogP contribution in [0.2, 0.25) is 0 Å². The molecule has 2 N–H and O–H groups in total. The standard InChI is InChI=1S/C15H16N4OS/c1-10-3-5-11(6-4-10)13-12(9-16)14(17-7-8-20)19-15(18-13)21-2/h3-6,20H,7-8H2,1-2H3,(H,17,18,19). The monoisotopic (exact) mass is 300 g/mol. The minimum absolute atomic E-state index is 0.0245. The van der Waals surface area contributed by atoms with Crippen molar-refractivity contribution in [2.24, 2.45) is 0 Å². The van der Waals surface area contributed by atoms with Gasteiger partial charge < -0.3 is 10.4 Å². The Hall–Kier alpha value is -2.10. The number of aliphatic hydroxyl groups excluding tert-OH is 1. The molecule has 2 rings (SSSR count). The van der Waals surface area contributed by atoms with Gasteiger partial charge in [-0.25, -0.2) is 9.97 Å². The van der Waals surface area contributed by atoms with Gasteiger partial charge in [0.25, 0.3) is 0 Å².